The maximum absolute atomic E-state index is 4.71. The van der Waals surface area contributed by atoms with Gasteiger partial charge in [-0.15, -0.1) is 0 Å². The fraction of sp³-hybridized carbons (Fsp3) is 0.250. The first-order valence-electron chi connectivity index (χ1n) is 7.63. The molecule has 3 rings (SSSR count). The molecule has 0 fully saturated rings. The third-order valence-electron chi connectivity index (χ3n) is 3.50. The van der Waals surface area contributed by atoms with E-state index in [1.54, 1.807) is 0 Å². The Morgan fingerprint density at radius 2 is 1.57 bits per heavy atom. The first kappa shape index (κ1) is 15.2. The van der Waals surface area contributed by atoms with E-state index in [1.807, 2.05) is 13.8 Å². The van der Waals surface area contributed by atoms with Gasteiger partial charge in [-0.1, -0.05) is 55.8 Å². The summed E-state index contributed by atoms with van der Waals surface area (Å²) < 4.78 is 0. The predicted molar refractivity (Wildman–Crippen MR) is 91.8 cm³/mol. The maximum Gasteiger partial charge on any atom is 0.0705 e. The van der Waals surface area contributed by atoms with Crippen LogP contribution in [0.1, 0.15) is 36.2 Å². The van der Waals surface area contributed by atoms with Gasteiger partial charge in [0.25, 0.3) is 0 Å². The van der Waals surface area contributed by atoms with Gasteiger partial charge in [-0.05, 0) is 49.6 Å². The summed E-state index contributed by atoms with van der Waals surface area (Å²) in [6.45, 7) is 8.22. The molecule has 108 valence electrons. The van der Waals surface area contributed by atoms with E-state index < -0.39 is 0 Å². The maximum atomic E-state index is 4.71. The van der Waals surface area contributed by atoms with Crippen LogP contribution in [0.3, 0.4) is 0 Å². The molecule has 0 N–H and O–H groups in total. The zero-order chi connectivity index (χ0) is 15.2. The van der Waals surface area contributed by atoms with Crippen molar-refractivity contribution in [2.45, 2.75) is 34.1 Å². The number of aromatic nitrogens is 1. The minimum Gasteiger partial charge on any atom is -0.253 e. The second kappa shape index (κ2) is 7.03. The van der Waals surface area contributed by atoms with Crippen molar-refractivity contribution in [1.82, 2.24) is 4.98 Å². The monoisotopic (exact) mass is 277 g/mol. The smallest absolute Gasteiger partial charge is 0.0705 e. The number of benzene rings is 2. The van der Waals surface area contributed by atoms with Gasteiger partial charge in [0.2, 0.25) is 0 Å². The van der Waals surface area contributed by atoms with E-state index in [9.17, 15) is 0 Å². The molecule has 0 radical (unpaired) electrons. The Bertz CT molecular complexity index is 714. The van der Waals surface area contributed by atoms with Gasteiger partial charge in [0.05, 0.1) is 5.52 Å². The molecule has 1 heterocycles. The molecule has 0 aliphatic heterocycles. The van der Waals surface area contributed by atoms with Gasteiger partial charge in [-0.2, -0.15) is 0 Å². The van der Waals surface area contributed by atoms with Gasteiger partial charge >= 0.3 is 0 Å². The lowest BCUT2D eigenvalue weighted by molar-refractivity contribution is 1.10. The van der Waals surface area contributed by atoms with Crippen molar-refractivity contribution in [3.8, 4) is 0 Å². The molecule has 3 aromatic rings. The summed E-state index contributed by atoms with van der Waals surface area (Å²) in [6, 6.07) is 19.3. The number of nitrogens with zero attached hydrogens (tertiary/aromatic N) is 1. The standard InChI is InChI=1S/C18H17N.C2H6/c1-13-8-9-18-17(10-13)12-16(14(2)19-18)11-15-6-4-3-5-7-15;1-2/h3-10,12H,11H2,1-2H3;1-2H3. The molecular weight excluding hydrogens is 254 g/mol. The van der Waals surface area contributed by atoms with Crippen molar-refractivity contribution < 1.29 is 0 Å². The molecule has 0 amide bonds. The first-order valence-corrected chi connectivity index (χ1v) is 7.63. The van der Waals surface area contributed by atoms with Crippen LogP contribution in [0.25, 0.3) is 10.9 Å². The summed E-state index contributed by atoms with van der Waals surface area (Å²) in [5.74, 6) is 0. The summed E-state index contributed by atoms with van der Waals surface area (Å²) in [7, 11) is 0. The molecule has 0 aliphatic rings. The highest BCUT2D eigenvalue weighted by Crippen LogP contribution is 2.20. The highest BCUT2D eigenvalue weighted by atomic mass is 14.7. The van der Waals surface area contributed by atoms with E-state index >= 15 is 0 Å². The zero-order valence-corrected chi connectivity index (χ0v) is 13.4. The molecule has 1 heteroatoms. The van der Waals surface area contributed by atoms with Crippen LogP contribution < -0.4 is 0 Å². The number of hydrogen-bond acceptors (Lipinski definition) is 1. The molecule has 0 spiro atoms. The molecule has 2 aromatic carbocycles. The lowest BCUT2D eigenvalue weighted by Gasteiger charge is -2.08. The summed E-state index contributed by atoms with van der Waals surface area (Å²) in [5, 5.41) is 1.23. The Balaban J connectivity index is 0.000000774. The normalized spacial score (nSPS) is 10.1. The van der Waals surface area contributed by atoms with Crippen LogP contribution in [0.15, 0.2) is 54.6 Å². The van der Waals surface area contributed by atoms with Gasteiger partial charge in [0, 0.05) is 11.1 Å². The van der Waals surface area contributed by atoms with Crippen molar-refractivity contribution in [2.24, 2.45) is 0 Å². The van der Waals surface area contributed by atoms with Crippen molar-refractivity contribution in [2.75, 3.05) is 0 Å². The molecule has 0 unspecified atom stereocenters. The minimum atomic E-state index is 0.948. The molecule has 21 heavy (non-hydrogen) atoms. The van der Waals surface area contributed by atoms with Crippen LogP contribution in [0.5, 0.6) is 0 Å². The molecule has 0 atom stereocenters. The van der Waals surface area contributed by atoms with Crippen LogP contribution >= 0.6 is 0 Å². The molecule has 0 bridgehead atoms. The van der Waals surface area contributed by atoms with E-state index in [0.29, 0.717) is 0 Å². The second-order valence-electron chi connectivity index (χ2n) is 5.09. The Labute approximate surface area is 127 Å². The van der Waals surface area contributed by atoms with Gasteiger partial charge < -0.3 is 0 Å². The topological polar surface area (TPSA) is 12.9 Å². The molecule has 1 nitrogen and oxygen atoms in total. The number of aryl methyl sites for hydroxylation is 2. The lowest BCUT2D eigenvalue weighted by Crippen LogP contribution is -1.95. The third-order valence-corrected chi connectivity index (χ3v) is 3.50. The van der Waals surface area contributed by atoms with Crippen LogP contribution in [0.2, 0.25) is 0 Å². The average Bonchev–Trinajstić information content (AvgIpc) is 2.51. The van der Waals surface area contributed by atoms with Crippen molar-refractivity contribution in [1.29, 1.82) is 0 Å². The second-order valence-corrected chi connectivity index (χ2v) is 5.09. The highest BCUT2D eigenvalue weighted by molar-refractivity contribution is 5.80. The van der Waals surface area contributed by atoms with Crippen molar-refractivity contribution in [3.63, 3.8) is 0 Å². The van der Waals surface area contributed by atoms with Crippen molar-refractivity contribution >= 4 is 10.9 Å². The van der Waals surface area contributed by atoms with Gasteiger partial charge in [-0.3, -0.25) is 4.98 Å². The van der Waals surface area contributed by atoms with Crippen LogP contribution in [0, 0.1) is 13.8 Å². The molecule has 0 aliphatic carbocycles. The van der Waals surface area contributed by atoms with E-state index in [2.05, 4.69) is 68.4 Å². The minimum absolute atomic E-state index is 0.948. The summed E-state index contributed by atoms with van der Waals surface area (Å²) >= 11 is 0. The fourth-order valence-corrected chi connectivity index (χ4v) is 2.43. The van der Waals surface area contributed by atoms with Gasteiger partial charge in [-0.25, -0.2) is 0 Å². The molecule has 0 saturated heterocycles. The van der Waals surface area contributed by atoms with Gasteiger partial charge in [0.15, 0.2) is 0 Å². The average molecular weight is 277 g/mol. The third kappa shape index (κ3) is 3.69. The number of pyridine rings is 1. The number of fused-ring (bicyclic) bond motifs is 1. The Kier molecular flexibility index (Phi) is 5.10. The van der Waals surface area contributed by atoms with Gasteiger partial charge in [0.1, 0.15) is 0 Å². The predicted octanol–water partition coefficient (Wildman–Crippen LogP) is 5.47. The first-order chi connectivity index (χ1) is 10.2. The van der Waals surface area contributed by atoms with Crippen LogP contribution in [-0.2, 0) is 6.42 Å². The Morgan fingerprint density at radius 3 is 2.29 bits per heavy atom. The Morgan fingerprint density at radius 1 is 0.857 bits per heavy atom. The number of hydrogen-bond donors (Lipinski definition) is 0. The van der Waals surface area contributed by atoms with E-state index in [0.717, 1.165) is 17.6 Å². The molecular formula is C20H23N. The van der Waals surface area contributed by atoms with Crippen molar-refractivity contribution in [3.05, 3.63) is 77.0 Å². The van der Waals surface area contributed by atoms with E-state index in [-0.39, 0.29) is 0 Å². The van der Waals surface area contributed by atoms with E-state index in [1.165, 1.54) is 22.1 Å². The number of rotatable bonds is 2. The SMILES string of the molecule is CC.Cc1ccc2nc(C)c(Cc3ccccc3)cc2c1. The summed E-state index contributed by atoms with van der Waals surface area (Å²) in [6.07, 6.45) is 0.948. The van der Waals surface area contributed by atoms with E-state index in [4.69, 9.17) is 4.98 Å². The largest absolute Gasteiger partial charge is 0.253 e. The van der Waals surface area contributed by atoms with Crippen LogP contribution in [0.4, 0.5) is 0 Å². The Hall–Kier alpha value is -2.15. The van der Waals surface area contributed by atoms with Crippen LogP contribution in [-0.4, -0.2) is 4.98 Å². The highest BCUT2D eigenvalue weighted by Gasteiger charge is 2.04. The fourth-order valence-electron chi connectivity index (χ4n) is 2.43. The summed E-state index contributed by atoms with van der Waals surface area (Å²) in [5.41, 5.74) is 6.13. The lowest BCUT2D eigenvalue weighted by atomic mass is 10.0. The zero-order valence-electron chi connectivity index (χ0n) is 13.4. The molecule has 1 aromatic heterocycles. The summed E-state index contributed by atoms with van der Waals surface area (Å²) in [4.78, 5) is 4.71. The molecule has 0 saturated carbocycles. The quantitative estimate of drug-likeness (QED) is 0.605.